The Bertz CT molecular complexity index is 366. The van der Waals surface area contributed by atoms with Gasteiger partial charge in [-0.2, -0.15) is 0 Å². The van der Waals surface area contributed by atoms with Crippen molar-refractivity contribution in [1.29, 1.82) is 0 Å². The molecule has 106 valence electrons. The average molecular weight is 262 g/mol. The first-order valence-corrected chi connectivity index (χ1v) is 7.31. The van der Waals surface area contributed by atoms with E-state index in [1.807, 2.05) is 6.92 Å². The lowest BCUT2D eigenvalue weighted by Crippen LogP contribution is -2.49. The van der Waals surface area contributed by atoms with Gasteiger partial charge in [0.25, 0.3) is 0 Å². The topological polar surface area (TPSA) is 38.5 Å². The molecule has 2 N–H and O–H groups in total. The lowest BCUT2D eigenvalue weighted by molar-refractivity contribution is -0.0381. The van der Waals surface area contributed by atoms with Crippen LogP contribution >= 0.6 is 0 Å². The Balaban J connectivity index is 1.79. The van der Waals surface area contributed by atoms with Gasteiger partial charge in [-0.25, -0.2) is 0 Å². The van der Waals surface area contributed by atoms with Gasteiger partial charge in [-0.15, -0.1) is 0 Å². The molecule has 0 saturated carbocycles. The van der Waals surface area contributed by atoms with Crippen LogP contribution in [0.2, 0.25) is 0 Å². The molecule has 1 fully saturated rings. The van der Waals surface area contributed by atoms with Crippen molar-refractivity contribution in [3.63, 3.8) is 0 Å². The number of ether oxygens (including phenoxy) is 1. The maximum atomic E-state index is 5.92. The molecule has 19 heavy (non-hydrogen) atoms. The number of nitrogens with zero attached hydrogens (tertiary/aromatic N) is 1. The number of morpholine rings is 1. The molecule has 2 rings (SSSR count). The van der Waals surface area contributed by atoms with Gasteiger partial charge in [-0.05, 0) is 31.4 Å². The van der Waals surface area contributed by atoms with Crippen LogP contribution < -0.4 is 5.73 Å². The summed E-state index contributed by atoms with van der Waals surface area (Å²) in [4.78, 5) is 2.48. The number of hydrogen-bond acceptors (Lipinski definition) is 3. The summed E-state index contributed by atoms with van der Waals surface area (Å²) in [6, 6.07) is 10.9. The normalized spacial score (nSPS) is 24.1. The van der Waals surface area contributed by atoms with Crippen LogP contribution in [0.25, 0.3) is 0 Å². The van der Waals surface area contributed by atoms with Crippen molar-refractivity contribution in [3.05, 3.63) is 35.9 Å². The van der Waals surface area contributed by atoms with Crippen LogP contribution in [-0.4, -0.2) is 43.3 Å². The first-order chi connectivity index (χ1) is 9.16. The van der Waals surface area contributed by atoms with Crippen molar-refractivity contribution in [2.45, 2.75) is 38.3 Å². The zero-order valence-electron chi connectivity index (χ0n) is 12.1. The molecule has 1 heterocycles. The molecule has 3 unspecified atom stereocenters. The van der Waals surface area contributed by atoms with E-state index < -0.39 is 0 Å². The first kappa shape index (κ1) is 14.5. The van der Waals surface area contributed by atoms with Gasteiger partial charge >= 0.3 is 0 Å². The molecular weight excluding hydrogens is 236 g/mol. The summed E-state index contributed by atoms with van der Waals surface area (Å²) in [5, 5.41) is 0. The predicted molar refractivity (Wildman–Crippen MR) is 79.3 cm³/mol. The lowest BCUT2D eigenvalue weighted by atomic mass is 9.97. The number of nitrogens with two attached hydrogens (primary N) is 1. The fraction of sp³-hybridized carbons (Fsp3) is 0.625. The van der Waals surface area contributed by atoms with E-state index in [1.54, 1.807) is 0 Å². The minimum Gasteiger partial charge on any atom is -0.374 e. The fourth-order valence-electron chi connectivity index (χ4n) is 2.58. The van der Waals surface area contributed by atoms with E-state index in [4.69, 9.17) is 10.5 Å². The molecule has 1 saturated heterocycles. The van der Waals surface area contributed by atoms with E-state index in [0.717, 1.165) is 26.2 Å². The Kier molecular flexibility index (Phi) is 5.37. The first-order valence-electron chi connectivity index (χ1n) is 7.31. The van der Waals surface area contributed by atoms with Crippen LogP contribution in [0.15, 0.2) is 30.3 Å². The van der Waals surface area contributed by atoms with E-state index in [9.17, 15) is 0 Å². The minimum atomic E-state index is 0.120. The maximum Gasteiger partial charge on any atom is 0.0850 e. The highest BCUT2D eigenvalue weighted by Crippen LogP contribution is 2.19. The fourth-order valence-corrected chi connectivity index (χ4v) is 2.58. The Morgan fingerprint density at radius 3 is 2.74 bits per heavy atom. The van der Waals surface area contributed by atoms with Crippen LogP contribution in [0.3, 0.4) is 0 Å². The van der Waals surface area contributed by atoms with Gasteiger partial charge in [0.15, 0.2) is 0 Å². The van der Waals surface area contributed by atoms with Gasteiger partial charge in [0.05, 0.1) is 12.7 Å². The Labute approximate surface area is 116 Å². The van der Waals surface area contributed by atoms with Crippen LogP contribution in [0.1, 0.15) is 31.7 Å². The summed E-state index contributed by atoms with van der Waals surface area (Å²) in [7, 11) is 0. The molecule has 1 aromatic rings. The molecule has 1 aliphatic heterocycles. The van der Waals surface area contributed by atoms with Gasteiger partial charge in [-0.1, -0.05) is 37.3 Å². The third kappa shape index (κ3) is 4.30. The molecule has 3 heteroatoms. The summed E-state index contributed by atoms with van der Waals surface area (Å²) in [5.74, 6) is 0.609. The zero-order valence-corrected chi connectivity index (χ0v) is 12.1. The summed E-state index contributed by atoms with van der Waals surface area (Å²) in [5.41, 5.74) is 7.35. The standard InChI is InChI=1S/C16H26N2O/c1-13(15-6-4-3-5-7-15)8-9-18-10-11-19-16(12-18)14(2)17/h3-7,13-14,16H,8-12,17H2,1-2H3. The van der Waals surface area contributed by atoms with Crippen LogP contribution in [0, 0.1) is 0 Å². The second-order valence-corrected chi connectivity index (χ2v) is 5.67. The molecule has 0 bridgehead atoms. The molecule has 3 nitrogen and oxygen atoms in total. The molecule has 1 aliphatic rings. The highest BCUT2D eigenvalue weighted by Gasteiger charge is 2.23. The zero-order chi connectivity index (χ0) is 13.7. The predicted octanol–water partition coefficient (Wildman–Crippen LogP) is 2.23. The van der Waals surface area contributed by atoms with E-state index in [0.29, 0.717) is 5.92 Å². The highest BCUT2D eigenvalue weighted by molar-refractivity contribution is 5.18. The van der Waals surface area contributed by atoms with Crippen molar-refractivity contribution >= 4 is 0 Å². The van der Waals surface area contributed by atoms with E-state index >= 15 is 0 Å². The monoisotopic (exact) mass is 262 g/mol. The van der Waals surface area contributed by atoms with Crippen LogP contribution in [-0.2, 0) is 4.74 Å². The maximum absolute atomic E-state index is 5.92. The third-order valence-corrected chi connectivity index (χ3v) is 4.01. The van der Waals surface area contributed by atoms with Gasteiger partial charge in [0.1, 0.15) is 0 Å². The number of benzene rings is 1. The van der Waals surface area contributed by atoms with Crippen molar-refractivity contribution < 1.29 is 4.74 Å². The summed E-state index contributed by atoms with van der Waals surface area (Å²) in [6.07, 6.45) is 1.39. The molecule has 0 aromatic heterocycles. The van der Waals surface area contributed by atoms with Gasteiger partial charge < -0.3 is 10.5 Å². The molecule has 0 radical (unpaired) electrons. The summed E-state index contributed by atoms with van der Waals surface area (Å²) >= 11 is 0. The Morgan fingerprint density at radius 1 is 1.32 bits per heavy atom. The van der Waals surface area contributed by atoms with Crippen molar-refractivity contribution in [3.8, 4) is 0 Å². The van der Waals surface area contributed by atoms with Crippen LogP contribution in [0.5, 0.6) is 0 Å². The quantitative estimate of drug-likeness (QED) is 0.884. The van der Waals surface area contributed by atoms with Crippen molar-refractivity contribution in [2.75, 3.05) is 26.2 Å². The summed E-state index contributed by atoms with van der Waals surface area (Å²) in [6.45, 7) is 8.28. The molecule has 1 aromatic carbocycles. The van der Waals surface area contributed by atoms with Gasteiger partial charge in [-0.3, -0.25) is 4.90 Å². The molecule has 3 atom stereocenters. The number of hydrogen-bond donors (Lipinski definition) is 1. The van der Waals surface area contributed by atoms with Gasteiger partial charge in [0, 0.05) is 19.1 Å². The smallest absolute Gasteiger partial charge is 0.0850 e. The van der Waals surface area contributed by atoms with Crippen molar-refractivity contribution in [2.24, 2.45) is 5.73 Å². The average Bonchev–Trinajstić information content (AvgIpc) is 2.46. The van der Waals surface area contributed by atoms with E-state index in [2.05, 4.69) is 42.2 Å². The molecule has 0 amide bonds. The molecule has 0 aliphatic carbocycles. The third-order valence-electron chi connectivity index (χ3n) is 4.01. The van der Waals surface area contributed by atoms with Crippen molar-refractivity contribution in [1.82, 2.24) is 4.90 Å². The van der Waals surface area contributed by atoms with E-state index in [-0.39, 0.29) is 12.1 Å². The number of rotatable bonds is 5. The second kappa shape index (κ2) is 7.04. The molecule has 0 spiro atoms. The second-order valence-electron chi connectivity index (χ2n) is 5.67. The largest absolute Gasteiger partial charge is 0.374 e. The Hall–Kier alpha value is -0.900. The van der Waals surface area contributed by atoms with E-state index in [1.165, 1.54) is 12.0 Å². The van der Waals surface area contributed by atoms with Crippen LogP contribution in [0.4, 0.5) is 0 Å². The lowest BCUT2D eigenvalue weighted by Gasteiger charge is -2.35. The van der Waals surface area contributed by atoms with Gasteiger partial charge in [0.2, 0.25) is 0 Å². The molecular formula is C16H26N2O. The SMILES string of the molecule is CC(CCN1CCOC(C(C)N)C1)c1ccccc1. The summed E-state index contributed by atoms with van der Waals surface area (Å²) < 4.78 is 5.69. The minimum absolute atomic E-state index is 0.120. The highest BCUT2D eigenvalue weighted by atomic mass is 16.5. The Morgan fingerprint density at radius 2 is 2.05 bits per heavy atom.